The van der Waals surface area contributed by atoms with E-state index in [1.54, 1.807) is 18.7 Å². The molecule has 5 N–H and O–H groups in total. The summed E-state index contributed by atoms with van der Waals surface area (Å²) in [4.78, 5) is 11.7. The van der Waals surface area contributed by atoms with Gasteiger partial charge in [0, 0.05) is 5.56 Å². The van der Waals surface area contributed by atoms with Crippen LogP contribution in [0.15, 0.2) is 24.8 Å². The number of fused-ring (bicyclic) bond motifs is 6. The van der Waals surface area contributed by atoms with E-state index in [1.807, 2.05) is 10.6 Å². The molecule has 6 atom stereocenters. The number of aliphatic hydroxyl groups is 1. The Balaban J connectivity index is 1.57. The summed E-state index contributed by atoms with van der Waals surface area (Å²) in [7, 11) is 0. The van der Waals surface area contributed by atoms with Gasteiger partial charge in [0.15, 0.2) is 22.6 Å². The standard InChI is InChI=1S/C23H27N5O3/c1-23-7-6-11-12-2-4-16(29)20(31)18(12)15(8-13(11)14(23)3-5-17(23)30)28-10-27-21(24)19-22(28)26-9-25-19/h2,4,9-11,13-15,17,24,29-31H,3,5-8H2,1H3,(H,25,26)/t11-,13-,14+,15?,17+,23+/m1/s1. The maximum atomic E-state index is 10.9. The molecular weight excluding hydrogens is 394 g/mol. The van der Waals surface area contributed by atoms with Gasteiger partial charge in [-0.3, -0.25) is 5.41 Å². The first-order chi connectivity index (χ1) is 14.9. The Morgan fingerprint density at radius 1 is 1.19 bits per heavy atom. The highest BCUT2D eigenvalue weighted by molar-refractivity contribution is 5.69. The van der Waals surface area contributed by atoms with Gasteiger partial charge in [-0.15, -0.1) is 0 Å². The van der Waals surface area contributed by atoms with E-state index >= 15 is 0 Å². The summed E-state index contributed by atoms with van der Waals surface area (Å²) in [5.41, 5.74) is 3.03. The SMILES string of the molecule is C[C@]12CC[C@@H]3c4ccc(O)c(O)c4C(n4cnc(=N)c5[nH]cnc54)C[C@H]3[C@@H]1CC[C@@H]2O. The third kappa shape index (κ3) is 2.42. The van der Waals surface area contributed by atoms with Crippen molar-refractivity contribution < 1.29 is 15.3 Å². The zero-order chi connectivity index (χ0) is 21.5. The number of nitrogens with one attached hydrogen (secondary N) is 2. The number of imidazole rings is 1. The molecule has 2 heterocycles. The molecule has 1 aromatic carbocycles. The molecule has 0 bridgehead atoms. The third-order valence-corrected chi connectivity index (χ3v) is 8.59. The Bertz CT molecular complexity index is 1250. The highest BCUT2D eigenvalue weighted by Crippen LogP contribution is 2.63. The Morgan fingerprint density at radius 3 is 2.87 bits per heavy atom. The first-order valence-corrected chi connectivity index (χ1v) is 11.1. The number of aromatic nitrogens is 4. The number of H-pyrrole nitrogens is 1. The van der Waals surface area contributed by atoms with E-state index in [9.17, 15) is 15.3 Å². The summed E-state index contributed by atoms with van der Waals surface area (Å²) in [5, 5.41) is 40.1. The lowest BCUT2D eigenvalue weighted by Gasteiger charge is -2.51. The minimum Gasteiger partial charge on any atom is -0.504 e. The lowest BCUT2D eigenvalue weighted by Crippen LogP contribution is -2.45. The maximum Gasteiger partial charge on any atom is 0.173 e. The van der Waals surface area contributed by atoms with Crippen LogP contribution in [-0.2, 0) is 0 Å². The minimum absolute atomic E-state index is 0.0716. The summed E-state index contributed by atoms with van der Waals surface area (Å²) in [5.74, 6) is 0.857. The van der Waals surface area contributed by atoms with Gasteiger partial charge in [-0.25, -0.2) is 9.97 Å². The lowest BCUT2D eigenvalue weighted by molar-refractivity contribution is -0.0259. The van der Waals surface area contributed by atoms with Gasteiger partial charge in [0.1, 0.15) is 5.52 Å². The number of nitrogens with zero attached hydrogens (tertiary/aromatic N) is 3. The van der Waals surface area contributed by atoms with Crippen molar-refractivity contribution in [1.82, 2.24) is 19.5 Å². The first-order valence-electron chi connectivity index (χ1n) is 11.1. The minimum atomic E-state index is -0.263. The van der Waals surface area contributed by atoms with Crippen LogP contribution in [-0.4, -0.2) is 40.9 Å². The molecule has 0 spiro atoms. The summed E-state index contributed by atoms with van der Waals surface area (Å²) >= 11 is 0. The molecule has 2 fully saturated rings. The molecule has 31 heavy (non-hydrogen) atoms. The van der Waals surface area contributed by atoms with Gasteiger partial charge >= 0.3 is 0 Å². The fourth-order valence-corrected chi connectivity index (χ4v) is 7.01. The molecule has 3 aromatic rings. The summed E-state index contributed by atoms with van der Waals surface area (Å²) in [6, 6.07) is 3.28. The van der Waals surface area contributed by atoms with Crippen LogP contribution >= 0.6 is 0 Å². The normalized spacial score (nSPS) is 34.3. The number of aromatic amines is 1. The smallest absolute Gasteiger partial charge is 0.173 e. The van der Waals surface area contributed by atoms with Crippen molar-refractivity contribution in [2.45, 2.75) is 57.1 Å². The zero-order valence-corrected chi connectivity index (χ0v) is 17.4. The van der Waals surface area contributed by atoms with Crippen LogP contribution < -0.4 is 5.49 Å². The molecule has 162 valence electrons. The van der Waals surface area contributed by atoms with E-state index in [0.717, 1.165) is 43.2 Å². The zero-order valence-electron chi connectivity index (χ0n) is 17.4. The molecule has 0 amide bonds. The van der Waals surface area contributed by atoms with Gasteiger partial charge in [0.2, 0.25) is 0 Å². The number of aromatic hydroxyl groups is 2. The van der Waals surface area contributed by atoms with E-state index in [4.69, 9.17) is 5.41 Å². The number of hydrogen-bond acceptors (Lipinski definition) is 6. The molecule has 8 nitrogen and oxygen atoms in total. The highest BCUT2D eigenvalue weighted by atomic mass is 16.3. The predicted molar refractivity (Wildman–Crippen MR) is 113 cm³/mol. The monoisotopic (exact) mass is 421 g/mol. The van der Waals surface area contributed by atoms with Crippen molar-refractivity contribution in [2.75, 3.05) is 0 Å². The first kappa shape index (κ1) is 18.9. The van der Waals surface area contributed by atoms with Crippen molar-refractivity contribution in [2.24, 2.45) is 17.3 Å². The van der Waals surface area contributed by atoms with Crippen molar-refractivity contribution in [3.63, 3.8) is 0 Å². The van der Waals surface area contributed by atoms with Gasteiger partial charge in [0.25, 0.3) is 0 Å². The van der Waals surface area contributed by atoms with Crippen LogP contribution in [0, 0.1) is 22.7 Å². The Kier molecular flexibility index (Phi) is 3.85. The molecule has 1 unspecified atom stereocenters. The number of aliphatic hydroxyl groups excluding tert-OH is 1. The van der Waals surface area contributed by atoms with Crippen LogP contribution in [0.25, 0.3) is 11.2 Å². The molecule has 0 radical (unpaired) electrons. The van der Waals surface area contributed by atoms with Crippen molar-refractivity contribution >= 4 is 11.2 Å². The molecule has 3 aliphatic carbocycles. The molecule has 3 aliphatic rings. The second kappa shape index (κ2) is 6.32. The van der Waals surface area contributed by atoms with Gasteiger partial charge in [-0.2, -0.15) is 0 Å². The molecule has 2 aromatic heterocycles. The van der Waals surface area contributed by atoms with Crippen molar-refractivity contribution in [3.05, 3.63) is 41.4 Å². The largest absolute Gasteiger partial charge is 0.504 e. The molecular formula is C23H27N5O3. The van der Waals surface area contributed by atoms with E-state index < -0.39 is 0 Å². The Morgan fingerprint density at radius 2 is 2.03 bits per heavy atom. The number of benzene rings is 1. The fourth-order valence-electron chi connectivity index (χ4n) is 7.01. The highest BCUT2D eigenvalue weighted by Gasteiger charge is 2.56. The quantitative estimate of drug-likeness (QED) is 0.386. The van der Waals surface area contributed by atoms with Gasteiger partial charge in [-0.1, -0.05) is 13.0 Å². The van der Waals surface area contributed by atoms with Gasteiger partial charge in [0.05, 0.1) is 24.8 Å². The molecule has 0 aliphatic heterocycles. The van der Waals surface area contributed by atoms with Crippen LogP contribution in [0.4, 0.5) is 0 Å². The van der Waals surface area contributed by atoms with E-state index in [2.05, 4.69) is 21.9 Å². The number of rotatable bonds is 1. The average molecular weight is 422 g/mol. The van der Waals surface area contributed by atoms with Crippen LogP contribution in [0.5, 0.6) is 11.5 Å². The second-order valence-corrected chi connectivity index (χ2v) is 9.80. The molecule has 6 rings (SSSR count). The number of phenols is 2. The fraction of sp³-hybridized carbons (Fsp3) is 0.522. The van der Waals surface area contributed by atoms with Crippen molar-refractivity contribution in [1.29, 1.82) is 5.41 Å². The van der Waals surface area contributed by atoms with Crippen LogP contribution in [0.2, 0.25) is 0 Å². The Labute approximate surface area is 179 Å². The van der Waals surface area contributed by atoms with Gasteiger partial charge in [-0.05, 0) is 66.9 Å². The topological polar surface area (TPSA) is 131 Å². The maximum absolute atomic E-state index is 10.9. The van der Waals surface area contributed by atoms with Gasteiger partial charge < -0.3 is 24.9 Å². The predicted octanol–water partition coefficient (Wildman–Crippen LogP) is 2.91. The Hall–Kier alpha value is -2.87. The average Bonchev–Trinajstić information content (AvgIpc) is 3.36. The van der Waals surface area contributed by atoms with Crippen LogP contribution in [0.3, 0.4) is 0 Å². The van der Waals surface area contributed by atoms with E-state index in [0.29, 0.717) is 28.9 Å². The number of hydrogen-bond donors (Lipinski definition) is 5. The molecule has 0 saturated heterocycles. The second-order valence-electron chi connectivity index (χ2n) is 9.80. The molecule has 2 saturated carbocycles. The lowest BCUT2D eigenvalue weighted by atomic mass is 9.54. The van der Waals surface area contributed by atoms with Crippen molar-refractivity contribution in [3.8, 4) is 11.5 Å². The summed E-state index contributed by atoms with van der Waals surface area (Å²) in [6.07, 6.45) is 7.47. The summed E-state index contributed by atoms with van der Waals surface area (Å²) < 4.78 is 1.93. The van der Waals surface area contributed by atoms with E-state index in [-0.39, 0.29) is 34.5 Å². The summed E-state index contributed by atoms with van der Waals surface area (Å²) in [6.45, 7) is 2.24. The molecule has 8 heteroatoms. The van der Waals surface area contributed by atoms with E-state index in [1.165, 1.54) is 0 Å². The third-order valence-electron chi connectivity index (χ3n) is 8.59. The number of phenolic OH excluding ortho intramolecular Hbond substituents is 2. The van der Waals surface area contributed by atoms with Crippen LogP contribution in [0.1, 0.15) is 62.1 Å².